The van der Waals surface area contributed by atoms with Crippen molar-refractivity contribution in [2.75, 3.05) is 26.8 Å². The lowest BCUT2D eigenvalue weighted by molar-refractivity contribution is -0.129. The van der Waals surface area contributed by atoms with Crippen molar-refractivity contribution in [3.05, 3.63) is 138 Å². The molecule has 5 rings (SSSR count). The second kappa shape index (κ2) is 13.5. The highest BCUT2D eigenvalue weighted by Crippen LogP contribution is 2.46. The Balaban J connectivity index is 1.46. The number of hydrogen-bond acceptors (Lipinski definition) is 5. The van der Waals surface area contributed by atoms with Gasteiger partial charge in [-0.25, -0.2) is 4.79 Å². The van der Waals surface area contributed by atoms with Crippen LogP contribution in [0.15, 0.2) is 115 Å². The van der Waals surface area contributed by atoms with Crippen molar-refractivity contribution in [1.82, 2.24) is 9.80 Å². The minimum atomic E-state index is -1.13. The van der Waals surface area contributed by atoms with E-state index in [1.54, 1.807) is 7.11 Å². The first kappa shape index (κ1) is 29.0. The molecule has 1 atom stereocenters. The average molecular weight is 565 g/mol. The molecule has 7 heteroatoms. The van der Waals surface area contributed by atoms with E-state index in [1.807, 2.05) is 122 Å². The summed E-state index contributed by atoms with van der Waals surface area (Å²) in [6, 6.07) is 37.0. The highest BCUT2D eigenvalue weighted by Gasteiger charge is 2.46. The Morgan fingerprint density at radius 1 is 0.786 bits per heavy atom. The number of hydrogen-bond donors (Lipinski definition) is 0. The number of imide groups is 1. The van der Waals surface area contributed by atoms with Gasteiger partial charge in [0.15, 0.2) is 0 Å². The van der Waals surface area contributed by atoms with Crippen molar-refractivity contribution < 1.29 is 23.8 Å². The maximum Gasteiger partial charge on any atom is 0.329 e. The van der Waals surface area contributed by atoms with E-state index in [0.717, 1.165) is 22.3 Å². The van der Waals surface area contributed by atoms with Gasteiger partial charge in [-0.15, -0.1) is 0 Å². The minimum Gasteiger partial charge on any atom is -0.496 e. The zero-order chi connectivity index (χ0) is 29.4. The highest BCUT2D eigenvalue weighted by molar-refractivity contribution is 6.02. The van der Waals surface area contributed by atoms with Crippen molar-refractivity contribution in [2.45, 2.75) is 31.8 Å². The van der Waals surface area contributed by atoms with Crippen molar-refractivity contribution in [3.63, 3.8) is 0 Å². The molecule has 0 bridgehead atoms. The number of amides is 3. The molecule has 1 fully saturated rings. The molecular weight excluding hydrogens is 528 g/mol. The van der Waals surface area contributed by atoms with Crippen LogP contribution in [-0.4, -0.2) is 54.8 Å². The van der Waals surface area contributed by atoms with Gasteiger partial charge in [0.2, 0.25) is 5.91 Å². The quantitative estimate of drug-likeness (QED) is 0.110. The number of nitrogens with zero attached hydrogens (tertiary/aromatic N) is 2. The van der Waals surface area contributed by atoms with E-state index in [1.165, 1.54) is 9.80 Å². The monoisotopic (exact) mass is 564 g/mol. The smallest absolute Gasteiger partial charge is 0.329 e. The zero-order valence-electron chi connectivity index (χ0n) is 24.0. The van der Waals surface area contributed by atoms with Gasteiger partial charge in [0, 0.05) is 5.56 Å². The first-order chi connectivity index (χ1) is 20.6. The summed E-state index contributed by atoms with van der Waals surface area (Å²) in [7, 11) is 1.64. The molecule has 3 amide bonds. The molecular formula is C35H36N2O5. The predicted octanol–water partition coefficient (Wildman–Crippen LogP) is 6.22. The maximum atomic E-state index is 13.7. The first-order valence-corrected chi connectivity index (χ1v) is 14.2. The number of carbonyl (C=O) groups excluding carboxylic acids is 2. The van der Waals surface area contributed by atoms with Gasteiger partial charge < -0.3 is 14.2 Å². The normalized spacial score (nSPS) is 14.3. The molecule has 4 aromatic carbocycles. The number of para-hydroxylation sites is 1. The Bertz CT molecular complexity index is 1420. The van der Waals surface area contributed by atoms with Gasteiger partial charge in [0.25, 0.3) is 0 Å². The highest BCUT2D eigenvalue weighted by atomic mass is 16.5. The van der Waals surface area contributed by atoms with Crippen molar-refractivity contribution in [3.8, 4) is 5.75 Å². The molecule has 1 aliphatic heterocycles. The van der Waals surface area contributed by atoms with E-state index in [0.29, 0.717) is 18.8 Å². The largest absolute Gasteiger partial charge is 0.496 e. The Morgan fingerprint density at radius 2 is 1.36 bits per heavy atom. The number of rotatable bonds is 13. The number of methoxy groups -OCH3 is 1. The van der Waals surface area contributed by atoms with E-state index in [4.69, 9.17) is 14.2 Å². The SMILES string of the molecule is CCC(OC(c1ccccc1)(c1ccccc1)c1ccccc1OC)N1CC(=O)N(CCOCc2ccccc2)C1=O. The van der Waals surface area contributed by atoms with Gasteiger partial charge in [-0.3, -0.25) is 14.6 Å². The lowest BCUT2D eigenvalue weighted by atomic mass is 9.79. The van der Waals surface area contributed by atoms with Crippen molar-refractivity contribution in [2.24, 2.45) is 0 Å². The van der Waals surface area contributed by atoms with Crippen molar-refractivity contribution >= 4 is 11.9 Å². The predicted molar refractivity (Wildman–Crippen MR) is 161 cm³/mol. The van der Waals surface area contributed by atoms with E-state index < -0.39 is 11.8 Å². The molecule has 1 heterocycles. The summed E-state index contributed by atoms with van der Waals surface area (Å²) in [5.41, 5.74) is 2.46. The van der Waals surface area contributed by atoms with Crippen molar-refractivity contribution in [1.29, 1.82) is 0 Å². The third-order valence-electron chi connectivity index (χ3n) is 7.51. The van der Waals surface area contributed by atoms with Crippen LogP contribution in [0.2, 0.25) is 0 Å². The van der Waals surface area contributed by atoms with E-state index in [2.05, 4.69) is 0 Å². The summed E-state index contributed by atoms with van der Waals surface area (Å²) >= 11 is 0. The Morgan fingerprint density at radius 3 is 1.95 bits per heavy atom. The van der Waals surface area contributed by atoms with Crippen LogP contribution in [0.5, 0.6) is 5.75 Å². The third-order valence-corrected chi connectivity index (χ3v) is 7.51. The topological polar surface area (TPSA) is 68.3 Å². The number of benzene rings is 4. The lowest BCUT2D eigenvalue weighted by Crippen LogP contribution is -2.47. The van der Waals surface area contributed by atoms with Crippen LogP contribution < -0.4 is 4.74 Å². The van der Waals surface area contributed by atoms with Gasteiger partial charge >= 0.3 is 6.03 Å². The minimum absolute atomic E-state index is 0.0678. The summed E-state index contributed by atoms with van der Waals surface area (Å²) in [5, 5.41) is 0. The van der Waals surface area contributed by atoms with Crippen LogP contribution in [-0.2, 0) is 26.5 Å². The fraction of sp³-hybridized carbons (Fsp3) is 0.257. The summed E-state index contributed by atoms with van der Waals surface area (Å²) < 4.78 is 18.7. The molecule has 1 aliphatic rings. The number of urea groups is 1. The molecule has 1 unspecified atom stereocenters. The molecule has 1 saturated heterocycles. The third kappa shape index (κ3) is 5.93. The molecule has 4 aromatic rings. The molecule has 0 N–H and O–H groups in total. The summed E-state index contributed by atoms with van der Waals surface area (Å²) in [5.74, 6) is 0.383. The maximum absolute atomic E-state index is 13.7. The molecule has 0 radical (unpaired) electrons. The molecule has 42 heavy (non-hydrogen) atoms. The van der Waals surface area contributed by atoms with Gasteiger partial charge in [-0.2, -0.15) is 0 Å². The van der Waals surface area contributed by atoms with E-state index in [-0.39, 0.29) is 31.6 Å². The Labute approximate surface area is 247 Å². The van der Waals surface area contributed by atoms with Gasteiger partial charge in [-0.1, -0.05) is 116 Å². The van der Waals surface area contributed by atoms with Crippen LogP contribution in [0.1, 0.15) is 35.6 Å². The molecule has 0 saturated carbocycles. The number of ether oxygens (including phenoxy) is 3. The zero-order valence-corrected chi connectivity index (χ0v) is 24.0. The van der Waals surface area contributed by atoms with Crippen LogP contribution in [0.3, 0.4) is 0 Å². The molecule has 7 nitrogen and oxygen atoms in total. The second-order valence-corrected chi connectivity index (χ2v) is 10.1. The van der Waals surface area contributed by atoms with Crippen LogP contribution in [0.25, 0.3) is 0 Å². The first-order valence-electron chi connectivity index (χ1n) is 14.2. The van der Waals surface area contributed by atoms with Gasteiger partial charge in [0.1, 0.15) is 24.1 Å². The summed E-state index contributed by atoms with van der Waals surface area (Å²) in [4.78, 5) is 29.5. The Kier molecular flexibility index (Phi) is 9.31. The van der Waals surface area contributed by atoms with Crippen LogP contribution >= 0.6 is 0 Å². The summed E-state index contributed by atoms with van der Waals surface area (Å²) in [6.07, 6.45) is -0.240. The lowest BCUT2D eigenvalue weighted by Gasteiger charge is -2.41. The standard InChI is InChI=1S/C35H36N2O5/c1-3-33(37-25-32(38)36(34(37)39)23-24-41-26-27-15-7-4-8-16-27)42-35(28-17-9-5-10-18-28,29-19-11-6-12-20-29)30-21-13-14-22-31(30)40-2/h4-22,33H,3,23-26H2,1-2H3. The fourth-order valence-corrected chi connectivity index (χ4v) is 5.46. The molecule has 0 spiro atoms. The molecule has 0 aromatic heterocycles. The van der Waals surface area contributed by atoms with E-state index >= 15 is 0 Å². The van der Waals surface area contributed by atoms with E-state index in [9.17, 15) is 9.59 Å². The Hall–Kier alpha value is -4.46. The van der Waals surface area contributed by atoms with Crippen LogP contribution in [0, 0.1) is 0 Å². The second-order valence-electron chi connectivity index (χ2n) is 10.1. The van der Waals surface area contributed by atoms with Gasteiger partial charge in [-0.05, 0) is 29.2 Å². The van der Waals surface area contributed by atoms with Crippen LogP contribution in [0.4, 0.5) is 4.79 Å². The summed E-state index contributed by atoms with van der Waals surface area (Å²) in [6.45, 7) is 2.72. The molecule has 0 aliphatic carbocycles. The van der Waals surface area contributed by atoms with Gasteiger partial charge in [0.05, 0.1) is 26.9 Å². The average Bonchev–Trinajstić information content (AvgIpc) is 3.33. The number of carbonyl (C=O) groups is 2. The fourth-order valence-electron chi connectivity index (χ4n) is 5.46. The molecule has 216 valence electrons.